The van der Waals surface area contributed by atoms with Gasteiger partial charge in [-0.25, -0.2) is 8.42 Å². The van der Waals surface area contributed by atoms with E-state index < -0.39 is 33.8 Å². The van der Waals surface area contributed by atoms with Crippen molar-refractivity contribution in [1.82, 2.24) is 10.2 Å². The molecule has 28 heavy (non-hydrogen) atoms. The van der Waals surface area contributed by atoms with Gasteiger partial charge in [0.1, 0.15) is 10.3 Å². The number of fused-ring (bicyclic) bond motifs is 1. The number of nitrogens with zero attached hydrogens (tertiary/aromatic N) is 1. The zero-order valence-corrected chi connectivity index (χ0v) is 16.1. The summed E-state index contributed by atoms with van der Waals surface area (Å²) >= 11 is 1.06. The first-order valence-corrected chi connectivity index (χ1v) is 10.7. The molecule has 1 fully saturated rings. The molecule has 1 atom stereocenters. The van der Waals surface area contributed by atoms with E-state index >= 15 is 0 Å². The van der Waals surface area contributed by atoms with Crippen LogP contribution in [0, 0.1) is 0 Å². The number of thiophene rings is 1. The molecule has 1 aromatic carbocycles. The van der Waals surface area contributed by atoms with Gasteiger partial charge in [0.2, 0.25) is 5.91 Å². The number of anilines is 1. The molecule has 0 bridgehead atoms. The largest absolute Gasteiger partial charge is 0.329 e. The molecule has 10 heteroatoms. The third-order valence-corrected chi connectivity index (χ3v) is 7.34. The molecule has 1 unspecified atom stereocenters. The van der Waals surface area contributed by atoms with Crippen LogP contribution in [0.15, 0.2) is 52.2 Å². The smallest absolute Gasteiger partial charge is 0.271 e. The minimum Gasteiger partial charge on any atom is -0.329 e. The number of benzene rings is 1. The molecule has 0 aliphatic carbocycles. The maximum atomic E-state index is 12.8. The number of sulfonamides is 1. The van der Waals surface area contributed by atoms with Crippen LogP contribution in [0.5, 0.6) is 0 Å². The third kappa shape index (κ3) is 3.00. The molecule has 2 aliphatic heterocycles. The van der Waals surface area contributed by atoms with Crippen LogP contribution in [0.25, 0.3) is 0 Å². The highest BCUT2D eigenvalue weighted by atomic mass is 32.2. The van der Waals surface area contributed by atoms with Gasteiger partial charge in [-0.3, -0.25) is 24.0 Å². The van der Waals surface area contributed by atoms with E-state index in [0.29, 0.717) is 18.5 Å². The summed E-state index contributed by atoms with van der Waals surface area (Å²) in [5.41, 5.74) is 0.912. The second-order valence-electron chi connectivity index (χ2n) is 6.43. The topological polar surface area (TPSA) is 113 Å². The van der Waals surface area contributed by atoms with Crippen molar-refractivity contribution in [2.45, 2.75) is 23.1 Å². The number of allylic oxidation sites excluding steroid dienone is 1. The summed E-state index contributed by atoms with van der Waals surface area (Å²) in [4.78, 5) is 38.6. The summed E-state index contributed by atoms with van der Waals surface area (Å²) in [7, 11) is -3.78. The average molecular weight is 417 g/mol. The van der Waals surface area contributed by atoms with Crippen molar-refractivity contribution in [3.63, 3.8) is 0 Å². The SMILES string of the molecule is C=C1CCC(N2C(=O)c3ccc(NS(=O)(=O)c4cccs4)cc3C2=O)C(=O)N1. The van der Waals surface area contributed by atoms with Crippen LogP contribution >= 0.6 is 11.3 Å². The molecule has 3 amide bonds. The molecule has 144 valence electrons. The normalized spacial score (nSPS) is 19.6. The highest BCUT2D eigenvalue weighted by molar-refractivity contribution is 7.94. The molecule has 0 radical (unpaired) electrons. The second kappa shape index (κ2) is 6.57. The van der Waals surface area contributed by atoms with E-state index in [1.807, 2.05) is 0 Å². The van der Waals surface area contributed by atoms with Gasteiger partial charge in [-0.1, -0.05) is 12.6 Å². The Balaban J connectivity index is 1.63. The van der Waals surface area contributed by atoms with E-state index in [1.54, 1.807) is 11.4 Å². The van der Waals surface area contributed by atoms with Crippen molar-refractivity contribution in [1.29, 1.82) is 0 Å². The first-order valence-electron chi connectivity index (χ1n) is 8.35. The van der Waals surface area contributed by atoms with Crippen molar-refractivity contribution in [3.05, 3.63) is 59.1 Å². The Morgan fingerprint density at radius 1 is 1.14 bits per heavy atom. The van der Waals surface area contributed by atoms with Gasteiger partial charge in [0.15, 0.2) is 0 Å². The monoisotopic (exact) mass is 417 g/mol. The van der Waals surface area contributed by atoms with Gasteiger partial charge in [0.05, 0.1) is 11.1 Å². The summed E-state index contributed by atoms with van der Waals surface area (Å²) in [5, 5.41) is 4.20. The van der Waals surface area contributed by atoms with Gasteiger partial charge in [-0.05, 0) is 42.5 Å². The molecule has 2 N–H and O–H groups in total. The number of rotatable bonds is 4. The molecule has 0 saturated carbocycles. The maximum Gasteiger partial charge on any atom is 0.271 e. The van der Waals surface area contributed by atoms with Crippen molar-refractivity contribution >= 4 is 44.8 Å². The minimum absolute atomic E-state index is 0.0635. The van der Waals surface area contributed by atoms with Crippen LogP contribution in [-0.2, 0) is 14.8 Å². The van der Waals surface area contributed by atoms with Crippen LogP contribution in [0.2, 0.25) is 0 Å². The van der Waals surface area contributed by atoms with Crippen molar-refractivity contribution in [2.75, 3.05) is 4.72 Å². The lowest BCUT2D eigenvalue weighted by Gasteiger charge is -2.29. The maximum absolute atomic E-state index is 12.8. The number of nitrogens with one attached hydrogen (secondary N) is 2. The Morgan fingerprint density at radius 3 is 2.57 bits per heavy atom. The molecular formula is C18H15N3O5S2. The van der Waals surface area contributed by atoms with Crippen LogP contribution in [0.3, 0.4) is 0 Å². The van der Waals surface area contributed by atoms with Crippen molar-refractivity contribution < 1.29 is 22.8 Å². The summed E-state index contributed by atoms with van der Waals surface area (Å²) in [5.74, 6) is -1.64. The molecule has 2 aromatic rings. The van der Waals surface area contributed by atoms with Gasteiger partial charge in [-0.15, -0.1) is 11.3 Å². The average Bonchev–Trinajstić information content (AvgIpc) is 3.25. The molecule has 1 aromatic heterocycles. The Kier molecular flexibility index (Phi) is 4.31. The zero-order valence-electron chi connectivity index (χ0n) is 14.5. The van der Waals surface area contributed by atoms with Gasteiger partial charge in [-0.2, -0.15) is 0 Å². The van der Waals surface area contributed by atoms with Gasteiger partial charge in [0.25, 0.3) is 21.8 Å². The lowest BCUT2D eigenvalue weighted by atomic mass is 10.0. The fourth-order valence-electron chi connectivity index (χ4n) is 3.24. The quantitative estimate of drug-likeness (QED) is 0.738. The van der Waals surface area contributed by atoms with E-state index in [-0.39, 0.29) is 21.0 Å². The summed E-state index contributed by atoms with van der Waals surface area (Å²) in [6.45, 7) is 3.69. The standard InChI is InChI=1S/C18H15N3O5S2/c1-10-4-7-14(16(22)19-10)21-17(23)12-6-5-11(9-13(12)18(21)24)20-28(25,26)15-3-2-8-27-15/h2-3,5-6,8-9,14,20H,1,4,7H2,(H,19,22). The molecule has 0 spiro atoms. The Hall–Kier alpha value is -2.98. The number of amides is 3. The van der Waals surface area contributed by atoms with E-state index in [4.69, 9.17) is 0 Å². The van der Waals surface area contributed by atoms with E-state index in [2.05, 4.69) is 16.6 Å². The number of hydrogen-bond donors (Lipinski definition) is 2. The molecule has 4 rings (SSSR count). The first kappa shape index (κ1) is 18.4. The Labute approximate surface area is 164 Å². The van der Waals surface area contributed by atoms with Crippen LogP contribution in [0.1, 0.15) is 33.6 Å². The highest BCUT2D eigenvalue weighted by Gasteiger charge is 2.44. The van der Waals surface area contributed by atoms with E-state index in [9.17, 15) is 22.8 Å². The molecule has 2 aliphatic rings. The zero-order chi connectivity index (χ0) is 20.1. The van der Waals surface area contributed by atoms with Crippen molar-refractivity contribution in [3.8, 4) is 0 Å². The molecule has 3 heterocycles. The number of imide groups is 1. The number of piperidine rings is 1. The van der Waals surface area contributed by atoms with E-state index in [0.717, 1.165) is 16.2 Å². The first-order chi connectivity index (χ1) is 13.3. The Bertz CT molecular complexity index is 1120. The van der Waals surface area contributed by atoms with Crippen molar-refractivity contribution in [2.24, 2.45) is 0 Å². The Morgan fingerprint density at radius 2 is 1.89 bits per heavy atom. The van der Waals surface area contributed by atoms with Gasteiger partial charge < -0.3 is 5.32 Å². The highest BCUT2D eigenvalue weighted by Crippen LogP contribution is 2.31. The van der Waals surface area contributed by atoms with Crippen LogP contribution in [-0.4, -0.2) is 37.1 Å². The minimum atomic E-state index is -3.78. The summed E-state index contributed by atoms with van der Waals surface area (Å²) < 4.78 is 27.3. The van der Waals surface area contributed by atoms with E-state index in [1.165, 1.54) is 24.3 Å². The lowest BCUT2D eigenvalue weighted by molar-refractivity contribution is -0.125. The van der Waals surface area contributed by atoms with Crippen LogP contribution in [0.4, 0.5) is 5.69 Å². The molecular weight excluding hydrogens is 402 g/mol. The lowest BCUT2D eigenvalue weighted by Crippen LogP contribution is -2.51. The van der Waals surface area contributed by atoms with Gasteiger partial charge in [0, 0.05) is 11.4 Å². The molecule has 8 nitrogen and oxygen atoms in total. The van der Waals surface area contributed by atoms with Crippen LogP contribution < -0.4 is 10.0 Å². The predicted octanol–water partition coefficient (Wildman–Crippen LogP) is 1.94. The predicted molar refractivity (Wildman–Crippen MR) is 102 cm³/mol. The second-order valence-corrected chi connectivity index (χ2v) is 9.28. The number of carbonyl (C=O) groups is 3. The summed E-state index contributed by atoms with van der Waals surface area (Å²) in [6, 6.07) is 6.30. The van der Waals surface area contributed by atoms with Gasteiger partial charge >= 0.3 is 0 Å². The number of carbonyl (C=O) groups excluding carboxylic acids is 3. The fourth-order valence-corrected chi connectivity index (χ4v) is 5.28. The summed E-state index contributed by atoms with van der Waals surface area (Å²) in [6.07, 6.45) is 0.768. The fraction of sp³-hybridized carbons (Fsp3) is 0.167. The molecule has 1 saturated heterocycles. The number of hydrogen-bond acceptors (Lipinski definition) is 6. The third-order valence-electron chi connectivity index (χ3n) is 4.56.